The molecule has 0 aliphatic heterocycles. The van der Waals surface area contributed by atoms with Gasteiger partial charge in [-0.25, -0.2) is 0 Å². The number of rotatable bonds is 50. The van der Waals surface area contributed by atoms with Crippen molar-refractivity contribution in [1.82, 2.24) is 0 Å². The molecule has 0 saturated carbocycles. The van der Waals surface area contributed by atoms with Gasteiger partial charge in [0.05, 0.1) is 0 Å². The third-order valence-electron chi connectivity index (χ3n) is 11.7. The van der Waals surface area contributed by atoms with E-state index in [1.807, 2.05) is 0 Å². The van der Waals surface area contributed by atoms with Gasteiger partial charge in [-0.3, -0.25) is 14.4 Å². The molecule has 0 aliphatic carbocycles. The zero-order chi connectivity index (χ0) is 50.7. The number of carbonyl (C=O) groups is 3. The summed E-state index contributed by atoms with van der Waals surface area (Å²) in [5.74, 6) is -0.947. The van der Waals surface area contributed by atoms with E-state index in [-0.39, 0.29) is 31.1 Å². The van der Waals surface area contributed by atoms with Crippen LogP contribution >= 0.6 is 0 Å². The Morgan fingerprint density at radius 2 is 0.557 bits per heavy atom. The first-order chi connectivity index (χ1) is 34.5. The number of unbranched alkanes of at least 4 members (excludes halogenated alkanes) is 19. The molecule has 1 unspecified atom stereocenters. The molecule has 0 rings (SSSR count). The van der Waals surface area contributed by atoms with Crippen molar-refractivity contribution in [3.63, 3.8) is 0 Å². The van der Waals surface area contributed by atoms with Crippen molar-refractivity contribution in [1.29, 1.82) is 0 Å². The Balaban J connectivity index is 4.22. The van der Waals surface area contributed by atoms with Crippen LogP contribution in [0.15, 0.2) is 122 Å². The van der Waals surface area contributed by atoms with Gasteiger partial charge >= 0.3 is 17.9 Å². The number of hydrogen-bond donors (Lipinski definition) is 0. The van der Waals surface area contributed by atoms with Crippen molar-refractivity contribution >= 4 is 17.9 Å². The van der Waals surface area contributed by atoms with E-state index in [1.165, 1.54) is 83.5 Å². The molecule has 6 nitrogen and oxygen atoms in total. The van der Waals surface area contributed by atoms with Crippen LogP contribution in [0.2, 0.25) is 0 Å². The summed E-state index contributed by atoms with van der Waals surface area (Å²) in [5.41, 5.74) is 0. The molecule has 0 radical (unpaired) electrons. The standard InChI is InChI=1S/C64H104O6/c1-4-7-10-13-16-18-20-22-23-24-25-26-27-28-29-30-31-32-33-34-35-36-37-38-39-40-41-42-44-45-48-51-54-57-63(66)69-60-61(59-68-62(65)56-53-50-47-15-12-9-6-3)70-64(67)58-55-52-49-46-43-21-19-17-14-11-8-5-2/h7,10,16,18,22-23,25-26,28-29,31-32,34-35,37-38,40-41,44-45,61H,4-6,8-9,11-15,17,19-21,24,27,30,33,36,39,42-43,46-60H2,1-3H3/b10-7-,18-16-,23-22-,26-25-,29-28-,32-31-,35-34-,38-37-,41-40-,45-44-. The summed E-state index contributed by atoms with van der Waals surface area (Å²) >= 11 is 0. The van der Waals surface area contributed by atoms with Gasteiger partial charge in [-0.2, -0.15) is 0 Å². The van der Waals surface area contributed by atoms with Crippen LogP contribution in [-0.4, -0.2) is 37.2 Å². The fourth-order valence-corrected chi connectivity index (χ4v) is 7.47. The van der Waals surface area contributed by atoms with E-state index in [9.17, 15) is 14.4 Å². The van der Waals surface area contributed by atoms with E-state index >= 15 is 0 Å². The highest BCUT2D eigenvalue weighted by Gasteiger charge is 2.19. The first kappa shape index (κ1) is 65.8. The van der Waals surface area contributed by atoms with E-state index < -0.39 is 6.10 Å². The second kappa shape index (κ2) is 57.4. The Kier molecular flexibility index (Phi) is 54.0. The van der Waals surface area contributed by atoms with Gasteiger partial charge in [0.15, 0.2) is 6.10 Å². The van der Waals surface area contributed by atoms with E-state index in [2.05, 4.69) is 142 Å². The number of allylic oxidation sites excluding steroid dienone is 20. The Hall–Kier alpha value is -4.19. The summed E-state index contributed by atoms with van der Waals surface area (Å²) < 4.78 is 16.7. The summed E-state index contributed by atoms with van der Waals surface area (Å²) in [6.07, 6.45) is 79.4. The smallest absolute Gasteiger partial charge is 0.306 e. The van der Waals surface area contributed by atoms with Crippen LogP contribution in [0.3, 0.4) is 0 Å². The van der Waals surface area contributed by atoms with Gasteiger partial charge in [-0.15, -0.1) is 0 Å². The average molecular weight is 970 g/mol. The van der Waals surface area contributed by atoms with E-state index in [0.717, 1.165) is 122 Å². The van der Waals surface area contributed by atoms with Gasteiger partial charge < -0.3 is 14.2 Å². The minimum Gasteiger partial charge on any atom is -0.462 e. The fraction of sp³-hybridized carbons (Fsp3) is 0.641. The highest BCUT2D eigenvalue weighted by molar-refractivity contribution is 5.71. The van der Waals surface area contributed by atoms with Crippen LogP contribution in [0.5, 0.6) is 0 Å². The molecule has 0 aromatic rings. The molecule has 0 aromatic carbocycles. The zero-order valence-corrected chi connectivity index (χ0v) is 45.2. The Bertz CT molecular complexity index is 1490. The molecular weight excluding hydrogens is 865 g/mol. The van der Waals surface area contributed by atoms with E-state index in [4.69, 9.17) is 14.2 Å². The monoisotopic (exact) mass is 969 g/mol. The van der Waals surface area contributed by atoms with Crippen molar-refractivity contribution in [3.8, 4) is 0 Å². The fourth-order valence-electron chi connectivity index (χ4n) is 7.47. The molecule has 0 spiro atoms. The molecule has 0 bridgehead atoms. The van der Waals surface area contributed by atoms with Gasteiger partial charge in [0.1, 0.15) is 13.2 Å². The second-order valence-corrected chi connectivity index (χ2v) is 18.5. The SMILES string of the molecule is CC/C=C\C/C=C\C/C=C\C/C=C\C/C=C\C/C=C\C/C=C\C/C=C\C/C=C\C/C=C\CCCCC(=O)OCC(COC(=O)CCCCCCCCC)OC(=O)CCCCCCCCCCCCCC. The maximum atomic E-state index is 12.7. The lowest BCUT2D eigenvalue weighted by Gasteiger charge is -2.18. The predicted molar refractivity (Wildman–Crippen MR) is 302 cm³/mol. The summed E-state index contributed by atoms with van der Waals surface area (Å²) in [5, 5.41) is 0. The number of esters is 3. The Morgan fingerprint density at radius 3 is 0.871 bits per heavy atom. The molecule has 0 N–H and O–H groups in total. The molecule has 0 amide bonds. The number of ether oxygens (including phenoxy) is 3. The van der Waals surface area contributed by atoms with Crippen molar-refractivity contribution < 1.29 is 28.6 Å². The topological polar surface area (TPSA) is 78.9 Å². The number of carbonyl (C=O) groups excluding carboxylic acids is 3. The molecule has 6 heteroatoms. The largest absolute Gasteiger partial charge is 0.462 e. The molecular formula is C64H104O6. The normalized spacial score (nSPS) is 13.0. The lowest BCUT2D eigenvalue weighted by Crippen LogP contribution is -2.30. The maximum Gasteiger partial charge on any atom is 0.306 e. The highest BCUT2D eigenvalue weighted by atomic mass is 16.6. The highest BCUT2D eigenvalue weighted by Crippen LogP contribution is 2.14. The van der Waals surface area contributed by atoms with Crippen LogP contribution < -0.4 is 0 Å². The van der Waals surface area contributed by atoms with Gasteiger partial charge in [-0.1, -0.05) is 251 Å². The lowest BCUT2D eigenvalue weighted by atomic mass is 10.0. The van der Waals surface area contributed by atoms with Crippen molar-refractivity contribution in [2.24, 2.45) is 0 Å². The Labute approximate surface area is 431 Å². The number of hydrogen-bond acceptors (Lipinski definition) is 6. The summed E-state index contributed by atoms with van der Waals surface area (Å²) in [7, 11) is 0. The molecule has 0 aliphatic rings. The molecule has 0 aromatic heterocycles. The van der Waals surface area contributed by atoms with Crippen LogP contribution in [0.4, 0.5) is 0 Å². The summed E-state index contributed by atoms with van der Waals surface area (Å²) in [4.78, 5) is 37.8. The quantitative estimate of drug-likeness (QED) is 0.0262. The van der Waals surface area contributed by atoms with Gasteiger partial charge in [0.2, 0.25) is 0 Å². The van der Waals surface area contributed by atoms with Crippen LogP contribution in [0, 0.1) is 0 Å². The maximum absolute atomic E-state index is 12.7. The van der Waals surface area contributed by atoms with Crippen LogP contribution in [0.25, 0.3) is 0 Å². The zero-order valence-electron chi connectivity index (χ0n) is 45.2. The minimum atomic E-state index is -0.792. The molecule has 70 heavy (non-hydrogen) atoms. The predicted octanol–water partition coefficient (Wildman–Crippen LogP) is 19.3. The van der Waals surface area contributed by atoms with Gasteiger partial charge in [0.25, 0.3) is 0 Å². The first-order valence-corrected chi connectivity index (χ1v) is 28.5. The van der Waals surface area contributed by atoms with Crippen molar-refractivity contribution in [3.05, 3.63) is 122 Å². The van der Waals surface area contributed by atoms with Gasteiger partial charge in [0, 0.05) is 19.3 Å². The lowest BCUT2D eigenvalue weighted by molar-refractivity contribution is -0.167. The third-order valence-corrected chi connectivity index (χ3v) is 11.7. The van der Waals surface area contributed by atoms with Crippen molar-refractivity contribution in [2.45, 2.75) is 252 Å². The minimum absolute atomic E-state index is 0.0913. The molecule has 0 fully saturated rings. The first-order valence-electron chi connectivity index (χ1n) is 28.5. The summed E-state index contributed by atoms with van der Waals surface area (Å²) in [6, 6.07) is 0. The molecule has 0 heterocycles. The third kappa shape index (κ3) is 54.7. The van der Waals surface area contributed by atoms with Crippen LogP contribution in [0.1, 0.15) is 245 Å². The van der Waals surface area contributed by atoms with E-state index in [1.54, 1.807) is 0 Å². The van der Waals surface area contributed by atoms with Gasteiger partial charge in [-0.05, 0) is 96.3 Å². The van der Waals surface area contributed by atoms with E-state index in [0.29, 0.717) is 19.3 Å². The second-order valence-electron chi connectivity index (χ2n) is 18.5. The molecule has 396 valence electrons. The average Bonchev–Trinajstić information content (AvgIpc) is 3.36. The molecule has 1 atom stereocenters. The van der Waals surface area contributed by atoms with Crippen LogP contribution in [-0.2, 0) is 28.6 Å². The summed E-state index contributed by atoms with van der Waals surface area (Å²) in [6.45, 7) is 6.43. The Morgan fingerprint density at radius 1 is 0.300 bits per heavy atom. The molecule has 0 saturated heterocycles. The van der Waals surface area contributed by atoms with Crippen molar-refractivity contribution in [2.75, 3.05) is 13.2 Å².